The molecule has 5 nitrogen and oxygen atoms in total. The maximum absolute atomic E-state index is 11.8. The molecular weight excluding hydrogens is 234 g/mol. The van der Waals surface area contributed by atoms with E-state index in [4.69, 9.17) is 5.11 Å². The molecule has 0 bridgehead atoms. The molecule has 0 fully saturated rings. The zero-order chi connectivity index (χ0) is 14.3. The van der Waals surface area contributed by atoms with Gasteiger partial charge in [0.2, 0.25) is 5.91 Å². The van der Waals surface area contributed by atoms with Crippen molar-refractivity contribution in [1.29, 1.82) is 0 Å². The van der Waals surface area contributed by atoms with E-state index >= 15 is 0 Å². The van der Waals surface area contributed by atoms with Gasteiger partial charge >= 0.3 is 5.97 Å². The lowest BCUT2D eigenvalue weighted by molar-refractivity contribution is -0.137. The van der Waals surface area contributed by atoms with Crippen molar-refractivity contribution in [2.24, 2.45) is 11.8 Å². The summed E-state index contributed by atoms with van der Waals surface area (Å²) in [6, 6.07) is -0.468. The number of nitrogens with one attached hydrogen (secondary N) is 1. The number of Topliss-reactive ketones (excluding diaryl/α,β-unsaturated/α-hetero) is 1. The number of carboxylic acid groups (broad SMARTS) is 1. The number of carbonyl (C=O) groups is 3. The van der Waals surface area contributed by atoms with Crippen molar-refractivity contribution in [3.63, 3.8) is 0 Å². The molecule has 0 saturated carbocycles. The maximum atomic E-state index is 11.8. The Morgan fingerprint density at radius 2 is 1.72 bits per heavy atom. The van der Waals surface area contributed by atoms with Crippen molar-refractivity contribution in [1.82, 2.24) is 5.32 Å². The Kier molecular flexibility index (Phi) is 7.24. The standard InChI is InChI=1S/C13H23NO4/c1-8(2)7-11(10(4)15)14-13(18)9(3)5-6-12(16)17/h8-9,11H,5-7H2,1-4H3,(H,14,18)(H,16,17)/t9-,11-/m0/s1. The Labute approximate surface area is 108 Å². The topological polar surface area (TPSA) is 83.5 Å². The van der Waals surface area contributed by atoms with E-state index in [9.17, 15) is 14.4 Å². The highest BCUT2D eigenvalue weighted by Crippen LogP contribution is 2.09. The van der Waals surface area contributed by atoms with Crippen molar-refractivity contribution in [2.75, 3.05) is 0 Å². The van der Waals surface area contributed by atoms with Gasteiger partial charge in [-0.05, 0) is 25.7 Å². The Morgan fingerprint density at radius 1 is 1.17 bits per heavy atom. The van der Waals surface area contributed by atoms with E-state index in [0.29, 0.717) is 12.3 Å². The van der Waals surface area contributed by atoms with Gasteiger partial charge in [-0.3, -0.25) is 14.4 Å². The first kappa shape index (κ1) is 16.6. The average molecular weight is 257 g/mol. The first-order valence-electron chi connectivity index (χ1n) is 6.26. The van der Waals surface area contributed by atoms with Crippen LogP contribution in [-0.2, 0) is 14.4 Å². The summed E-state index contributed by atoms with van der Waals surface area (Å²) >= 11 is 0. The minimum absolute atomic E-state index is 0.0382. The Balaban J connectivity index is 4.31. The van der Waals surface area contributed by atoms with E-state index in [1.807, 2.05) is 13.8 Å². The van der Waals surface area contributed by atoms with E-state index in [-0.39, 0.29) is 24.5 Å². The molecule has 0 aliphatic carbocycles. The van der Waals surface area contributed by atoms with Crippen LogP contribution in [0.2, 0.25) is 0 Å². The largest absolute Gasteiger partial charge is 0.481 e. The number of rotatable bonds is 8. The molecule has 0 heterocycles. The zero-order valence-corrected chi connectivity index (χ0v) is 11.5. The second-order valence-electron chi connectivity index (χ2n) is 5.13. The highest BCUT2D eigenvalue weighted by molar-refractivity contribution is 5.88. The van der Waals surface area contributed by atoms with E-state index in [1.54, 1.807) is 6.92 Å². The SMILES string of the molecule is CC(=O)[C@H](CC(C)C)NC(=O)[C@@H](C)CCC(=O)O. The van der Waals surface area contributed by atoms with Crippen LogP contribution in [0.25, 0.3) is 0 Å². The first-order chi connectivity index (χ1) is 8.23. The van der Waals surface area contributed by atoms with Gasteiger partial charge in [-0.25, -0.2) is 0 Å². The molecule has 5 heteroatoms. The molecule has 0 unspecified atom stereocenters. The quantitative estimate of drug-likeness (QED) is 0.692. The molecule has 0 aromatic heterocycles. The monoisotopic (exact) mass is 257 g/mol. The Hall–Kier alpha value is -1.39. The number of amides is 1. The lowest BCUT2D eigenvalue weighted by atomic mass is 9.99. The normalized spacial score (nSPS) is 14.1. The van der Waals surface area contributed by atoms with Crippen LogP contribution in [0.1, 0.15) is 47.0 Å². The predicted molar refractivity (Wildman–Crippen MR) is 68.1 cm³/mol. The minimum atomic E-state index is -0.917. The summed E-state index contributed by atoms with van der Waals surface area (Å²) < 4.78 is 0. The molecule has 0 rings (SSSR count). The van der Waals surface area contributed by atoms with Gasteiger partial charge < -0.3 is 10.4 Å². The summed E-state index contributed by atoms with van der Waals surface area (Å²) in [7, 11) is 0. The van der Waals surface area contributed by atoms with Gasteiger partial charge in [0.15, 0.2) is 5.78 Å². The van der Waals surface area contributed by atoms with Crippen molar-refractivity contribution in [3.8, 4) is 0 Å². The van der Waals surface area contributed by atoms with E-state index in [0.717, 1.165) is 0 Å². The van der Waals surface area contributed by atoms with Crippen LogP contribution in [0.4, 0.5) is 0 Å². The van der Waals surface area contributed by atoms with Crippen LogP contribution in [0, 0.1) is 11.8 Å². The summed E-state index contributed by atoms with van der Waals surface area (Å²) in [5.74, 6) is -1.32. The Morgan fingerprint density at radius 3 is 2.11 bits per heavy atom. The fraction of sp³-hybridized carbons (Fsp3) is 0.769. The van der Waals surface area contributed by atoms with Gasteiger partial charge in [0.1, 0.15) is 0 Å². The molecule has 0 spiro atoms. The molecule has 0 radical (unpaired) electrons. The zero-order valence-electron chi connectivity index (χ0n) is 11.5. The number of carboxylic acids is 1. The number of ketones is 1. The van der Waals surface area contributed by atoms with Crippen molar-refractivity contribution < 1.29 is 19.5 Å². The number of aliphatic carboxylic acids is 1. The van der Waals surface area contributed by atoms with Gasteiger partial charge in [-0.1, -0.05) is 20.8 Å². The lowest BCUT2D eigenvalue weighted by Gasteiger charge is -2.20. The van der Waals surface area contributed by atoms with Gasteiger partial charge in [0.05, 0.1) is 6.04 Å². The summed E-state index contributed by atoms with van der Waals surface area (Å²) in [4.78, 5) is 33.6. The summed E-state index contributed by atoms with van der Waals surface area (Å²) in [5.41, 5.74) is 0. The molecule has 2 N–H and O–H groups in total. The van der Waals surface area contributed by atoms with Gasteiger partial charge in [-0.2, -0.15) is 0 Å². The minimum Gasteiger partial charge on any atom is -0.481 e. The van der Waals surface area contributed by atoms with Crippen LogP contribution < -0.4 is 5.32 Å². The predicted octanol–water partition coefficient (Wildman–Crippen LogP) is 1.61. The fourth-order valence-corrected chi connectivity index (χ4v) is 1.58. The van der Waals surface area contributed by atoms with Crippen molar-refractivity contribution in [2.45, 2.75) is 53.0 Å². The maximum Gasteiger partial charge on any atom is 0.303 e. The number of hydrogen-bond donors (Lipinski definition) is 2. The smallest absolute Gasteiger partial charge is 0.303 e. The molecule has 2 atom stereocenters. The van der Waals surface area contributed by atoms with Crippen LogP contribution in [0.15, 0.2) is 0 Å². The van der Waals surface area contributed by atoms with Crippen molar-refractivity contribution >= 4 is 17.7 Å². The van der Waals surface area contributed by atoms with Crippen LogP contribution in [0.3, 0.4) is 0 Å². The third-order valence-electron chi connectivity index (χ3n) is 2.75. The fourth-order valence-electron chi connectivity index (χ4n) is 1.58. The van der Waals surface area contributed by atoms with Crippen LogP contribution in [-0.4, -0.2) is 28.8 Å². The number of hydrogen-bond acceptors (Lipinski definition) is 3. The third-order valence-corrected chi connectivity index (χ3v) is 2.75. The van der Waals surface area contributed by atoms with E-state index < -0.39 is 17.9 Å². The molecule has 0 saturated heterocycles. The molecule has 0 aliphatic heterocycles. The lowest BCUT2D eigenvalue weighted by Crippen LogP contribution is -2.43. The molecule has 18 heavy (non-hydrogen) atoms. The number of carbonyl (C=O) groups excluding carboxylic acids is 2. The highest BCUT2D eigenvalue weighted by Gasteiger charge is 2.21. The second kappa shape index (κ2) is 7.84. The van der Waals surface area contributed by atoms with Crippen LogP contribution >= 0.6 is 0 Å². The molecule has 0 aliphatic rings. The summed E-state index contributed by atoms with van der Waals surface area (Å²) in [6.45, 7) is 7.09. The molecule has 0 aromatic rings. The average Bonchev–Trinajstić information content (AvgIpc) is 2.23. The molecule has 0 aromatic carbocycles. The molecule has 1 amide bonds. The highest BCUT2D eigenvalue weighted by atomic mass is 16.4. The summed E-state index contributed by atoms with van der Waals surface area (Å²) in [5, 5.41) is 11.2. The van der Waals surface area contributed by atoms with Gasteiger partial charge in [0, 0.05) is 12.3 Å². The Bertz CT molecular complexity index is 312. The van der Waals surface area contributed by atoms with Crippen LogP contribution in [0.5, 0.6) is 0 Å². The second-order valence-corrected chi connectivity index (χ2v) is 5.13. The van der Waals surface area contributed by atoms with Gasteiger partial charge in [0.25, 0.3) is 0 Å². The van der Waals surface area contributed by atoms with Gasteiger partial charge in [-0.15, -0.1) is 0 Å². The molecular formula is C13H23NO4. The third kappa shape index (κ3) is 7.04. The summed E-state index contributed by atoms with van der Waals surface area (Å²) in [6.07, 6.45) is 0.851. The molecule has 104 valence electrons. The van der Waals surface area contributed by atoms with E-state index in [1.165, 1.54) is 6.92 Å². The first-order valence-corrected chi connectivity index (χ1v) is 6.26. The van der Waals surface area contributed by atoms with Crippen molar-refractivity contribution in [3.05, 3.63) is 0 Å². The van der Waals surface area contributed by atoms with E-state index in [2.05, 4.69) is 5.32 Å².